The molecule has 0 amide bonds. The Kier molecular flexibility index (Phi) is 4.79. The van der Waals surface area contributed by atoms with Gasteiger partial charge in [-0.1, -0.05) is 51.0 Å². The average molecular weight is 247 g/mol. The first-order valence-electron chi connectivity index (χ1n) is 7.25. The molecule has 1 spiro atoms. The Bertz CT molecular complexity index is 362. The summed E-state index contributed by atoms with van der Waals surface area (Å²) < 4.78 is 6.01. The molecule has 1 N–H and O–H groups in total. The third-order valence-corrected chi connectivity index (χ3v) is 3.92. The molecule has 2 heteroatoms. The molecular weight excluding hydrogens is 222 g/mol. The average Bonchev–Trinajstić information content (AvgIpc) is 2.79. The molecule has 1 aromatic carbocycles. The highest BCUT2D eigenvalue weighted by molar-refractivity contribution is 5.35. The third kappa shape index (κ3) is 2.76. The fourth-order valence-corrected chi connectivity index (χ4v) is 2.63. The van der Waals surface area contributed by atoms with Crippen molar-refractivity contribution >= 4 is 0 Å². The van der Waals surface area contributed by atoms with Gasteiger partial charge >= 0.3 is 0 Å². The summed E-state index contributed by atoms with van der Waals surface area (Å²) >= 11 is 0. The van der Waals surface area contributed by atoms with E-state index in [1.807, 2.05) is 0 Å². The van der Waals surface area contributed by atoms with Crippen molar-refractivity contribution in [1.29, 1.82) is 0 Å². The molecule has 0 aromatic heterocycles. The summed E-state index contributed by atoms with van der Waals surface area (Å²) in [6.07, 6.45) is 4.87. The number of nitrogens with one attached hydrogen (secondary N) is 1. The highest BCUT2D eigenvalue weighted by Crippen LogP contribution is 2.42. The van der Waals surface area contributed by atoms with Crippen LogP contribution in [0.5, 0.6) is 0 Å². The van der Waals surface area contributed by atoms with Crippen LogP contribution in [0.3, 0.4) is 0 Å². The Labute approximate surface area is 111 Å². The van der Waals surface area contributed by atoms with E-state index in [0.29, 0.717) is 0 Å². The quantitative estimate of drug-likeness (QED) is 0.818. The standard InChI is InChI=1S/C12H15NO.C4H10/c1-2-4-11-10(3-1)9-14-12(11)5-7-13-8-6-12;1-3-4-2/h1-4,13H,5-9H2;3-4H2,1-2H3. The minimum absolute atomic E-state index is 0.0435. The van der Waals surface area contributed by atoms with E-state index in [9.17, 15) is 0 Å². The molecule has 0 bridgehead atoms. The molecule has 2 nitrogen and oxygen atoms in total. The number of hydrogen-bond donors (Lipinski definition) is 1. The van der Waals surface area contributed by atoms with E-state index in [0.717, 1.165) is 32.5 Å². The van der Waals surface area contributed by atoms with Crippen molar-refractivity contribution in [2.75, 3.05) is 13.1 Å². The maximum Gasteiger partial charge on any atom is 0.0963 e. The van der Waals surface area contributed by atoms with Crippen LogP contribution in [-0.4, -0.2) is 13.1 Å². The Morgan fingerprint density at radius 1 is 1.11 bits per heavy atom. The van der Waals surface area contributed by atoms with Gasteiger partial charge in [-0.3, -0.25) is 0 Å². The number of benzene rings is 1. The highest BCUT2D eigenvalue weighted by Gasteiger charge is 2.40. The van der Waals surface area contributed by atoms with E-state index in [2.05, 4.69) is 43.4 Å². The second kappa shape index (κ2) is 6.35. The van der Waals surface area contributed by atoms with E-state index < -0.39 is 0 Å². The van der Waals surface area contributed by atoms with E-state index >= 15 is 0 Å². The summed E-state index contributed by atoms with van der Waals surface area (Å²) in [6.45, 7) is 7.32. The lowest BCUT2D eigenvalue weighted by Crippen LogP contribution is -2.39. The molecular formula is C16H25NO. The lowest BCUT2D eigenvalue weighted by Gasteiger charge is -2.33. The zero-order chi connectivity index (χ0) is 12.8. The monoisotopic (exact) mass is 247 g/mol. The molecule has 3 rings (SSSR count). The van der Waals surface area contributed by atoms with Crippen LogP contribution in [0.25, 0.3) is 0 Å². The fraction of sp³-hybridized carbons (Fsp3) is 0.625. The van der Waals surface area contributed by atoms with Crippen molar-refractivity contribution in [2.24, 2.45) is 0 Å². The lowest BCUT2D eigenvalue weighted by molar-refractivity contribution is -0.0590. The summed E-state index contributed by atoms with van der Waals surface area (Å²) in [6, 6.07) is 8.64. The van der Waals surface area contributed by atoms with Gasteiger partial charge in [0.1, 0.15) is 0 Å². The minimum Gasteiger partial charge on any atom is -0.365 e. The maximum atomic E-state index is 6.01. The molecule has 0 saturated carbocycles. The van der Waals surface area contributed by atoms with Crippen LogP contribution < -0.4 is 5.32 Å². The molecule has 0 unspecified atom stereocenters. The van der Waals surface area contributed by atoms with Crippen LogP contribution >= 0.6 is 0 Å². The van der Waals surface area contributed by atoms with Gasteiger partial charge in [-0.15, -0.1) is 0 Å². The van der Waals surface area contributed by atoms with Gasteiger partial charge in [0.2, 0.25) is 0 Å². The first-order chi connectivity index (χ1) is 8.82. The second-order valence-electron chi connectivity index (χ2n) is 5.19. The van der Waals surface area contributed by atoms with Gasteiger partial charge in [0.25, 0.3) is 0 Å². The zero-order valence-corrected chi connectivity index (χ0v) is 11.7. The molecule has 0 radical (unpaired) electrons. The summed E-state index contributed by atoms with van der Waals surface area (Å²) in [5.41, 5.74) is 2.86. The zero-order valence-electron chi connectivity index (χ0n) is 11.7. The van der Waals surface area contributed by atoms with Crippen molar-refractivity contribution in [3.05, 3.63) is 35.4 Å². The normalized spacial score (nSPS) is 20.1. The van der Waals surface area contributed by atoms with Gasteiger partial charge in [-0.05, 0) is 37.1 Å². The second-order valence-corrected chi connectivity index (χ2v) is 5.19. The summed E-state index contributed by atoms with van der Waals surface area (Å²) in [4.78, 5) is 0. The molecule has 2 heterocycles. The van der Waals surface area contributed by atoms with Gasteiger partial charge < -0.3 is 10.1 Å². The smallest absolute Gasteiger partial charge is 0.0963 e. The van der Waals surface area contributed by atoms with Crippen molar-refractivity contribution in [1.82, 2.24) is 5.32 Å². The molecule has 1 saturated heterocycles. The molecule has 2 aliphatic heterocycles. The Balaban J connectivity index is 0.000000267. The van der Waals surface area contributed by atoms with E-state index in [-0.39, 0.29) is 5.60 Å². The van der Waals surface area contributed by atoms with E-state index in [1.54, 1.807) is 0 Å². The number of ether oxygens (including phenoxy) is 1. The first kappa shape index (κ1) is 13.6. The highest BCUT2D eigenvalue weighted by atomic mass is 16.5. The van der Waals surface area contributed by atoms with Crippen LogP contribution in [0.2, 0.25) is 0 Å². The van der Waals surface area contributed by atoms with Gasteiger partial charge in [-0.2, -0.15) is 0 Å². The van der Waals surface area contributed by atoms with Crippen molar-refractivity contribution in [3.8, 4) is 0 Å². The number of fused-ring (bicyclic) bond motifs is 2. The topological polar surface area (TPSA) is 21.3 Å². The fourth-order valence-electron chi connectivity index (χ4n) is 2.63. The number of piperidine rings is 1. The number of hydrogen-bond acceptors (Lipinski definition) is 2. The Hall–Kier alpha value is -0.860. The molecule has 18 heavy (non-hydrogen) atoms. The van der Waals surface area contributed by atoms with Crippen molar-refractivity contribution in [2.45, 2.75) is 51.7 Å². The third-order valence-electron chi connectivity index (χ3n) is 3.92. The summed E-state index contributed by atoms with van der Waals surface area (Å²) in [5, 5.41) is 3.39. The molecule has 100 valence electrons. The summed E-state index contributed by atoms with van der Waals surface area (Å²) in [5.74, 6) is 0. The van der Waals surface area contributed by atoms with Crippen LogP contribution in [-0.2, 0) is 16.9 Å². The molecule has 2 aliphatic rings. The predicted octanol–water partition coefficient (Wildman–Crippen LogP) is 3.60. The van der Waals surface area contributed by atoms with E-state index in [4.69, 9.17) is 4.74 Å². The lowest BCUT2D eigenvalue weighted by atomic mass is 9.84. The predicted molar refractivity (Wildman–Crippen MR) is 75.6 cm³/mol. The molecule has 1 fully saturated rings. The first-order valence-corrected chi connectivity index (χ1v) is 7.25. The van der Waals surface area contributed by atoms with Crippen molar-refractivity contribution < 1.29 is 4.74 Å². The SMILES string of the molecule is CCCC.c1ccc2c(c1)COC21CCNCC1. The van der Waals surface area contributed by atoms with Crippen LogP contribution in [0.1, 0.15) is 50.7 Å². The van der Waals surface area contributed by atoms with Gasteiger partial charge in [-0.25, -0.2) is 0 Å². The number of unbranched alkanes of at least 4 members (excludes halogenated alkanes) is 1. The summed E-state index contributed by atoms with van der Waals surface area (Å²) in [7, 11) is 0. The van der Waals surface area contributed by atoms with Crippen molar-refractivity contribution in [3.63, 3.8) is 0 Å². The van der Waals surface area contributed by atoms with Gasteiger partial charge in [0, 0.05) is 0 Å². The molecule has 1 aromatic rings. The molecule has 0 atom stereocenters. The van der Waals surface area contributed by atoms with Crippen LogP contribution in [0.15, 0.2) is 24.3 Å². The Morgan fingerprint density at radius 2 is 1.78 bits per heavy atom. The van der Waals surface area contributed by atoms with Crippen LogP contribution in [0.4, 0.5) is 0 Å². The van der Waals surface area contributed by atoms with Crippen LogP contribution in [0, 0.1) is 0 Å². The Morgan fingerprint density at radius 3 is 2.44 bits per heavy atom. The molecule has 0 aliphatic carbocycles. The minimum atomic E-state index is 0.0435. The van der Waals surface area contributed by atoms with E-state index in [1.165, 1.54) is 24.0 Å². The van der Waals surface area contributed by atoms with Gasteiger partial charge in [0.15, 0.2) is 0 Å². The van der Waals surface area contributed by atoms with Gasteiger partial charge in [0.05, 0.1) is 12.2 Å². The maximum absolute atomic E-state index is 6.01. The number of rotatable bonds is 1. The largest absolute Gasteiger partial charge is 0.365 e.